The number of phosphoric ester groups is 3. The topological polar surface area (TPSA) is 176 Å². The molecule has 0 aliphatic heterocycles. The molecule has 0 atom stereocenters. The summed E-state index contributed by atoms with van der Waals surface area (Å²) in [7, 11) is -13.2. The Morgan fingerprint density at radius 2 is 0.385 bits per heavy atom. The second-order valence-corrected chi connectivity index (χ2v) is 13.5. The molecule has 269 valence electrons. The molecule has 0 amide bonds. The minimum absolute atomic E-state index is 0. The van der Waals surface area contributed by atoms with Crippen LogP contribution in [0.15, 0.2) is 182 Å². The van der Waals surface area contributed by atoms with Crippen LogP contribution >= 0.6 is 23.5 Å². The predicted octanol–water partition coefficient (Wildman–Crippen LogP) is 7.84. The van der Waals surface area contributed by atoms with Crippen molar-refractivity contribution in [1.82, 2.24) is 0 Å². The van der Waals surface area contributed by atoms with Gasteiger partial charge in [0, 0.05) is 0 Å². The quantitative estimate of drug-likeness (QED) is 0.0867. The Hall–Kier alpha value is -4.79. The number of benzene rings is 6. The van der Waals surface area contributed by atoms with E-state index in [1.54, 1.807) is 182 Å². The zero-order valence-electron chi connectivity index (χ0n) is 26.9. The standard InChI is InChI=1S/3C12H11O4P.Fe/c3*13-17(14,15-11-7-3-1-4-8-11)16-12-9-5-2-6-10-12;/h3*1-10H,(H,13,14);/q;;;+3/p-3. The number of phosphoric acid groups is 3. The van der Waals surface area contributed by atoms with Crippen LogP contribution in [0.2, 0.25) is 0 Å². The Bertz CT molecular complexity index is 1640. The Balaban J connectivity index is 0.000000208. The van der Waals surface area contributed by atoms with Crippen LogP contribution in [0.3, 0.4) is 0 Å². The van der Waals surface area contributed by atoms with Crippen LogP contribution < -0.4 is 41.8 Å². The van der Waals surface area contributed by atoms with Crippen LogP contribution in [0.4, 0.5) is 0 Å². The van der Waals surface area contributed by atoms with Gasteiger partial charge in [0.25, 0.3) is 0 Å². The number of rotatable bonds is 12. The minimum Gasteiger partial charge on any atom is -0.736 e. The van der Waals surface area contributed by atoms with Crippen molar-refractivity contribution in [3.05, 3.63) is 182 Å². The van der Waals surface area contributed by atoms with Crippen molar-refractivity contribution in [1.29, 1.82) is 0 Å². The van der Waals surface area contributed by atoms with Crippen molar-refractivity contribution in [3.8, 4) is 34.5 Å². The first kappa shape index (κ1) is 41.6. The maximum absolute atomic E-state index is 11.6. The molecule has 52 heavy (non-hydrogen) atoms. The Kier molecular flexibility index (Phi) is 16.7. The molecule has 0 N–H and O–H groups in total. The second kappa shape index (κ2) is 20.9. The molecule has 0 aromatic heterocycles. The molecule has 0 aliphatic rings. The average molecular weight is 803 g/mol. The van der Waals surface area contributed by atoms with Crippen LogP contribution in [0.5, 0.6) is 34.5 Å². The van der Waals surface area contributed by atoms with Gasteiger partial charge in [-0.2, -0.15) is 0 Å². The first-order chi connectivity index (χ1) is 24.5. The van der Waals surface area contributed by atoms with Crippen LogP contribution in [0, 0.1) is 0 Å². The first-order valence-corrected chi connectivity index (χ1v) is 19.3. The summed E-state index contributed by atoms with van der Waals surface area (Å²) < 4.78 is 63.4. The molecule has 0 aliphatic carbocycles. The van der Waals surface area contributed by atoms with Crippen molar-refractivity contribution in [2.45, 2.75) is 0 Å². The maximum atomic E-state index is 11.6. The predicted molar refractivity (Wildman–Crippen MR) is 185 cm³/mol. The molecule has 0 saturated heterocycles. The van der Waals surface area contributed by atoms with Gasteiger partial charge in [0.2, 0.25) is 0 Å². The minimum atomic E-state index is -4.39. The molecule has 12 nitrogen and oxygen atoms in total. The van der Waals surface area contributed by atoms with Crippen LogP contribution in [-0.2, 0) is 30.8 Å². The average Bonchev–Trinajstić information content (AvgIpc) is 3.10. The van der Waals surface area contributed by atoms with Gasteiger partial charge in [-0.15, -0.1) is 0 Å². The normalized spacial score (nSPS) is 10.7. The third kappa shape index (κ3) is 16.5. The third-order valence-corrected chi connectivity index (χ3v) is 8.37. The van der Waals surface area contributed by atoms with Gasteiger partial charge >= 0.3 is 40.5 Å². The van der Waals surface area contributed by atoms with Gasteiger partial charge in [-0.3, -0.25) is 0 Å². The molecule has 6 aromatic rings. The molecule has 1 radical (unpaired) electrons. The van der Waals surface area contributed by atoms with Gasteiger partial charge in [-0.1, -0.05) is 109 Å². The SMILES string of the molecule is O=P([O-])(Oc1ccccc1)Oc1ccccc1.O=P([O-])(Oc1ccccc1)Oc1ccccc1.O=P([O-])(Oc1ccccc1)Oc1ccccc1.[Fe+3]. The fraction of sp³-hybridized carbons (Fsp3) is 0. The van der Waals surface area contributed by atoms with Crippen molar-refractivity contribution < 1.29 is 72.6 Å². The van der Waals surface area contributed by atoms with Gasteiger partial charge in [0.1, 0.15) is 34.5 Å². The van der Waals surface area contributed by atoms with E-state index in [-0.39, 0.29) is 51.6 Å². The van der Waals surface area contributed by atoms with E-state index in [9.17, 15) is 28.4 Å². The van der Waals surface area contributed by atoms with E-state index in [4.69, 9.17) is 27.1 Å². The summed E-state index contributed by atoms with van der Waals surface area (Å²) in [5.74, 6) is 1.34. The van der Waals surface area contributed by atoms with E-state index >= 15 is 0 Å². The number of hydrogen-bond acceptors (Lipinski definition) is 12. The maximum Gasteiger partial charge on any atom is 3.00 e. The molecule has 16 heteroatoms. The van der Waals surface area contributed by atoms with Crippen LogP contribution in [0.25, 0.3) is 0 Å². The number of para-hydroxylation sites is 6. The molecular weight excluding hydrogens is 773 g/mol. The van der Waals surface area contributed by atoms with Gasteiger partial charge in [-0.25, -0.2) is 13.7 Å². The van der Waals surface area contributed by atoms with Crippen molar-refractivity contribution >= 4 is 23.5 Å². The summed E-state index contributed by atoms with van der Waals surface area (Å²) in [6.07, 6.45) is 0. The molecule has 6 rings (SSSR count). The smallest absolute Gasteiger partial charge is 0.736 e. The van der Waals surface area contributed by atoms with Crippen LogP contribution in [0.1, 0.15) is 0 Å². The Morgan fingerprint density at radius 3 is 0.500 bits per heavy atom. The van der Waals surface area contributed by atoms with Crippen molar-refractivity contribution in [3.63, 3.8) is 0 Å². The molecule has 0 bridgehead atoms. The molecule has 0 saturated carbocycles. The van der Waals surface area contributed by atoms with Crippen molar-refractivity contribution in [2.75, 3.05) is 0 Å². The van der Waals surface area contributed by atoms with Gasteiger partial charge in [0.05, 0.1) is 0 Å². The molecule has 0 heterocycles. The van der Waals surface area contributed by atoms with Gasteiger partial charge < -0.3 is 41.8 Å². The Labute approximate surface area is 311 Å². The van der Waals surface area contributed by atoms with E-state index in [1.165, 1.54) is 0 Å². The van der Waals surface area contributed by atoms with Gasteiger partial charge in [0.15, 0.2) is 0 Å². The number of hydrogen-bond donors (Lipinski definition) is 0. The fourth-order valence-electron chi connectivity index (χ4n) is 3.72. The molecule has 0 unspecified atom stereocenters. The summed E-state index contributed by atoms with van der Waals surface area (Å²) in [6, 6.07) is 49.2. The molecule has 6 aromatic carbocycles. The summed E-state index contributed by atoms with van der Waals surface area (Å²) >= 11 is 0. The van der Waals surface area contributed by atoms with Crippen LogP contribution in [-0.4, -0.2) is 0 Å². The molecular formula is C36H30FeO12P3. The summed E-state index contributed by atoms with van der Waals surface area (Å²) in [6.45, 7) is 0. The third-order valence-electron chi connectivity index (χ3n) is 5.76. The molecule has 0 fully saturated rings. The van der Waals surface area contributed by atoms with E-state index in [2.05, 4.69) is 0 Å². The summed E-state index contributed by atoms with van der Waals surface area (Å²) in [4.78, 5) is 34.7. The Morgan fingerprint density at radius 1 is 0.269 bits per heavy atom. The second-order valence-electron chi connectivity index (χ2n) is 9.77. The van der Waals surface area contributed by atoms with E-state index < -0.39 is 23.5 Å². The largest absolute Gasteiger partial charge is 3.00 e. The monoisotopic (exact) mass is 803 g/mol. The zero-order chi connectivity index (χ0) is 36.4. The van der Waals surface area contributed by atoms with Gasteiger partial charge in [-0.05, 0) is 72.8 Å². The fourth-order valence-corrected chi connectivity index (χ4v) is 6.11. The summed E-state index contributed by atoms with van der Waals surface area (Å²) in [5, 5.41) is 0. The van der Waals surface area contributed by atoms with Crippen molar-refractivity contribution in [2.24, 2.45) is 0 Å². The van der Waals surface area contributed by atoms with E-state index in [1.807, 2.05) is 0 Å². The van der Waals surface area contributed by atoms with E-state index in [0.29, 0.717) is 0 Å². The van der Waals surface area contributed by atoms with E-state index in [0.717, 1.165) is 0 Å². The first-order valence-electron chi connectivity index (χ1n) is 14.9. The summed E-state index contributed by atoms with van der Waals surface area (Å²) in [5.41, 5.74) is 0. The zero-order valence-corrected chi connectivity index (χ0v) is 30.7. The molecule has 0 spiro atoms.